The number of rotatable bonds is 5. The van der Waals surface area contributed by atoms with Gasteiger partial charge in [-0.3, -0.25) is 4.79 Å². The van der Waals surface area contributed by atoms with Gasteiger partial charge in [-0.2, -0.15) is 0 Å². The second-order valence-electron chi connectivity index (χ2n) is 4.97. The number of hydrogen-bond acceptors (Lipinski definition) is 4. The van der Waals surface area contributed by atoms with E-state index in [2.05, 4.69) is 24.1 Å². The molecule has 0 aliphatic carbocycles. The molecule has 1 amide bonds. The number of amides is 1. The van der Waals surface area contributed by atoms with Crippen molar-refractivity contribution >= 4 is 22.4 Å². The van der Waals surface area contributed by atoms with E-state index in [4.69, 9.17) is 5.73 Å². The highest BCUT2D eigenvalue weighted by Gasteiger charge is 2.09. The quantitative estimate of drug-likeness (QED) is 0.889. The molecule has 20 heavy (non-hydrogen) atoms. The van der Waals surface area contributed by atoms with Crippen LogP contribution < -0.4 is 11.1 Å². The summed E-state index contributed by atoms with van der Waals surface area (Å²) in [6, 6.07) is 7.76. The number of benzene rings is 1. The van der Waals surface area contributed by atoms with Gasteiger partial charge in [0.05, 0.1) is 6.42 Å². The van der Waals surface area contributed by atoms with Gasteiger partial charge in [0.15, 0.2) is 5.13 Å². The number of nitrogens with two attached hydrogens (primary N) is 1. The van der Waals surface area contributed by atoms with Crippen LogP contribution in [-0.2, 0) is 17.8 Å². The Morgan fingerprint density at radius 2 is 1.95 bits per heavy atom. The fraction of sp³-hybridized carbons (Fsp3) is 0.333. The third-order valence-electron chi connectivity index (χ3n) is 2.96. The molecular formula is C15H19N3OS. The highest BCUT2D eigenvalue weighted by atomic mass is 32.1. The SMILES string of the molecule is CC(C)c1cnc(NC(=O)Cc2ccc(CN)cc2)s1. The second kappa shape index (κ2) is 6.63. The Morgan fingerprint density at radius 1 is 1.30 bits per heavy atom. The molecule has 0 bridgehead atoms. The fourth-order valence-electron chi connectivity index (χ4n) is 1.75. The van der Waals surface area contributed by atoms with Crippen molar-refractivity contribution in [3.05, 3.63) is 46.5 Å². The topological polar surface area (TPSA) is 68.0 Å². The predicted octanol–water partition coefficient (Wildman–Crippen LogP) is 2.91. The molecule has 0 atom stereocenters. The summed E-state index contributed by atoms with van der Waals surface area (Å²) in [5.74, 6) is 0.386. The summed E-state index contributed by atoms with van der Waals surface area (Å²) >= 11 is 1.53. The maximum atomic E-state index is 11.9. The van der Waals surface area contributed by atoms with Crippen LogP contribution in [0.3, 0.4) is 0 Å². The summed E-state index contributed by atoms with van der Waals surface area (Å²) in [6.07, 6.45) is 2.17. The summed E-state index contributed by atoms with van der Waals surface area (Å²) in [5, 5.41) is 3.50. The number of nitrogens with one attached hydrogen (secondary N) is 1. The Morgan fingerprint density at radius 3 is 2.50 bits per heavy atom. The molecule has 1 aromatic heterocycles. The Hall–Kier alpha value is -1.72. The number of thiazole rings is 1. The highest BCUT2D eigenvalue weighted by Crippen LogP contribution is 2.25. The highest BCUT2D eigenvalue weighted by molar-refractivity contribution is 7.15. The minimum absolute atomic E-state index is 0.0462. The van der Waals surface area contributed by atoms with Crippen LogP contribution in [0, 0.1) is 0 Å². The largest absolute Gasteiger partial charge is 0.326 e. The molecule has 0 saturated carbocycles. The Labute approximate surface area is 123 Å². The van der Waals surface area contributed by atoms with Crippen molar-refractivity contribution < 1.29 is 4.79 Å². The van der Waals surface area contributed by atoms with Crippen molar-refractivity contribution in [1.29, 1.82) is 0 Å². The number of nitrogens with zero attached hydrogens (tertiary/aromatic N) is 1. The van der Waals surface area contributed by atoms with Crippen molar-refractivity contribution in [2.75, 3.05) is 5.32 Å². The number of aromatic nitrogens is 1. The molecule has 0 radical (unpaired) electrons. The molecule has 3 N–H and O–H groups in total. The Kier molecular flexibility index (Phi) is 4.87. The lowest BCUT2D eigenvalue weighted by molar-refractivity contribution is -0.115. The van der Waals surface area contributed by atoms with Gasteiger partial charge in [0, 0.05) is 17.6 Å². The fourth-order valence-corrected chi connectivity index (χ4v) is 2.59. The summed E-state index contributed by atoms with van der Waals surface area (Å²) < 4.78 is 0. The van der Waals surface area contributed by atoms with Crippen molar-refractivity contribution in [3.8, 4) is 0 Å². The Bertz CT molecular complexity index is 575. The van der Waals surface area contributed by atoms with Crippen LogP contribution in [0.4, 0.5) is 5.13 Å². The van der Waals surface area contributed by atoms with Crippen molar-refractivity contribution in [2.45, 2.75) is 32.7 Å². The zero-order chi connectivity index (χ0) is 14.5. The lowest BCUT2D eigenvalue weighted by Gasteiger charge is -2.03. The molecule has 2 aromatic rings. The molecule has 1 aromatic carbocycles. The molecule has 0 spiro atoms. The van der Waals surface area contributed by atoms with E-state index >= 15 is 0 Å². The van der Waals surface area contributed by atoms with E-state index in [-0.39, 0.29) is 5.91 Å². The zero-order valence-electron chi connectivity index (χ0n) is 11.7. The van der Waals surface area contributed by atoms with E-state index < -0.39 is 0 Å². The van der Waals surface area contributed by atoms with Crippen LogP contribution in [-0.4, -0.2) is 10.9 Å². The van der Waals surface area contributed by atoms with E-state index in [0.717, 1.165) is 11.1 Å². The molecule has 5 heteroatoms. The van der Waals surface area contributed by atoms with E-state index in [1.807, 2.05) is 30.5 Å². The zero-order valence-corrected chi connectivity index (χ0v) is 12.5. The second-order valence-corrected chi connectivity index (χ2v) is 6.03. The average molecular weight is 289 g/mol. The summed E-state index contributed by atoms with van der Waals surface area (Å²) in [6.45, 7) is 4.74. The van der Waals surface area contributed by atoms with Gasteiger partial charge in [0.2, 0.25) is 5.91 Å². The van der Waals surface area contributed by atoms with Crippen molar-refractivity contribution in [2.24, 2.45) is 5.73 Å². The number of carbonyl (C=O) groups excluding carboxylic acids is 1. The van der Waals surface area contributed by atoms with Gasteiger partial charge in [-0.15, -0.1) is 11.3 Å². The maximum absolute atomic E-state index is 11.9. The number of anilines is 1. The average Bonchev–Trinajstić information content (AvgIpc) is 2.88. The van der Waals surface area contributed by atoms with Crippen molar-refractivity contribution in [1.82, 2.24) is 4.98 Å². The smallest absolute Gasteiger partial charge is 0.230 e. The van der Waals surface area contributed by atoms with Crippen LogP contribution in [0.15, 0.2) is 30.5 Å². The van der Waals surface area contributed by atoms with Crippen LogP contribution >= 0.6 is 11.3 Å². The van der Waals surface area contributed by atoms with E-state index in [1.165, 1.54) is 16.2 Å². The first-order chi connectivity index (χ1) is 9.58. The number of carbonyl (C=O) groups is 1. The van der Waals surface area contributed by atoms with E-state index in [1.54, 1.807) is 0 Å². The molecule has 4 nitrogen and oxygen atoms in total. The Balaban J connectivity index is 1.93. The van der Waals surface area contributed by atoms with Gasteiger partial charge in [-0.05, 0) is 17.0 Å². The lowest BCUT2D eigenvalue weighted by atomic mass is 10.1. The molecule has 0 aliphatic heterocycles. The molecule has 0 saturated heterocycles. The normalized spacial score (nSPS) is 10.8. The van der Waals surface area contributed by atoms with Gasteiger partial charge in [-0.25, -0.2) is 4.98 Å². The monoisotopic (exact) mass is 289 g/mol. The van der Waals surface area contributed by atoms with Gasteiger partial charge in [-0.1, -0.05) is 38.1 Å². The van der Waals surface area contributed by atoms with Crippen molar-refractivity contribution in [3.63, 3.8) is 0 Å². The first-order valence-corrected chi connectivity index (χ1v) is 7.43. The standard InChI is InChI=1S/C15H19N3OS/c1-10(2)13-9-17-15(20-13)18-14(19)7-11-3-5-12(8-16)6-4-11/h3-6,9-10H,7-8,16H2,1-2H3,(H,17,18,19). The third-order valence-corrected chi connectivity index (χ3v) is 4.18. The minimum Gasteiger partial charge on any atom is -0.326 e. The first-order valence-electron chi connectivity index (χ1n) is 6.62. The third kappa shape index (κ3) is 3.88. The molecule has 106 valence electrons. The predicted molar refractivity (Wildman–Crippen MR) is 82.9 cm³/mol. The first kappa shape index (κ1) is 14.7. The molecule has 0 aliphatic rings. The molecule has 1 heterocycles. The van der Waals surface area contributed by atoms with Crippen LogP contribution in [0.1, 0.15) is 35.8 Å². The van der Waals surface area contributed by atoms with Crippen LogP contribution in [0.5, 0.6) is 0 Å². The van der Waals surface area contributed by atoms with Gasteiger partial charge >= 0.3 is 0 Å². The van der Waals surface area contributed by atoms with E-state index in [0.29, 0.717) is 24.0 Å². The molecule has 0 unspecified atom stereocenters. The number of hydrogen-bond donors (Lipinski definition) is 2. The summed E-state index contributed by atoms with van der Waals surface area (Å²) in [7, 11) is 0. The van der Waals surface area contributed by atoms with Gasteiger partial charge in [0.25, 0.3) is 0 Å². The van der Waals surface area contributed by atoms with Crippen LogP contribution in [0.25, 0.3) is 0 Å². The molecular weight excluding hydrogens is 270 g/mol. The lowest BCUT2D eigenvalue weighted by Crippen LogP contribution is -2.14. The summed E-state index contributed by atoms with van der Waals surface area (Å²) in [5.41, 5.74) is 7.58. The summed E-state index contributed by atoms with van der Waals surface area (Å²) in [4.78, 5) is 17.3. The van der Waals surface area contributed by atoms with Gasteiger partial charge < -0.3 is 11.1 Å². The van der Waals surface area contributed by atoms with E-state index in [9.17, 15) is 4.79 Å². The van der Waals surface area contributed by atoms with Crippen LogP contribution in [0.2, 0.25) is 0 Å². The molecule has 2 rings (SSSR count). The minimum atomic E-state index is -0.0462. The van der Waals surface area contributed by atoms with Gasteiger partial charge in [0.1, 0.15) is 0 Å². The molecule has 0 fully saturated rings. The maximum Gasteiger partial charge on any atom is 0.230 e.